The van der Waals surface area contributed by atoms with Gasteiger partial charge in [0.1, 0.15) is 5.82 Å². The largest absolute Gasteiger partial charge is 0.419 e. The van der Waals surface area contributed by atoms with E-state index in [1.807, 2.05) is 30.0 Å². The van der Waals surface area contributed by atoms with Crippen molar-refractivity contribution in [2.45, 2.75) is 37.4 Å². The summed E-state index contributed by atoms with van der Waals surface area (Å²) < 4.78 is 39.9. The lowest BCUT2D eigenvalue weighted by molar-refractivity contribution is -0.137. The summed E-state index contributed by atoms with van der Waals surface area (Å²) >= 11 is 1.81. The second-order valence-corrected chi connectivity index (χ2v) is 10.1. The maximum atomic E-state index is 13.3. The van der Waals surface area contributed by atoms with Gasteiger partial charge in [0.25, 0.3) is 5.91 Å². The molecule has 4 nitrogen and oxygen atoms in total. The van der Waals surface area contributed by atoms with E-state index in [0.29, 0.717) is 31.7 Å². The van der Waals surface area contributed by atoms with Crippen molar-refractivity contribution in [3.63, 3.8) is 0 Å². The molecule has 8 heteroatoms. The minimum atomic E-state index is -4.46. The van der Waals surface area contributed by atoms with Crippen molar-refractivity contribution in [1.29, 1.82) is 0 Å². The van der Waals surface area contributed by atoms with Gasteiger partial charge in [-0.25, -0.2) is 4.98 Å². The van der Waals surface area contributed by atoms with Crippen LogP contribution in [0.3, 0.4) is 0 Å². The number of benzene rings is 1. The zero-order chi connectivity index (χ0) is 21.9. The van der Waals surface area contributed by atoms with Gasteiger partial charge >= 0.3 is 6.18 Å². The van der Waals surface area contributed by atoms with Crippen molar-refractivity contribution in [2.24, 2.45) is 0 Å². The Labute approximate surface area is 179 Å². The number of hydrogen-bond donors (Lipinski definition) is 0. The molecule has 30 heavy (non-hydrogen) atoms. The van der Waals surface area contributed by atoms with Crippen molar-refractivity contribution in [3.05, 3.63) is 59.3 Å². The molecule has 1 amide bonds. The SMILES string of the molecule is CC(C)(C)SCc1cccc(C(=O)N2CCN(c3ncccc3C(F)(F)F)CC2)c1. The summed E-state index contributed by atoms with van der Waals surface area (Å²) in [6.07, 6.45) is -3.09. The van der Waals surface area contributed by atoms with Gasteiger partial charge in [-0.1, -0.05) is 32.9 Å². The summed E-state index contributed by atoms with van der Waals surface area (Å²) in [4.78, 5) is 20.2. The summed E-state index contributed by atoms with van der Waals surface area (Å²) in [6, 6.07) is 9.92. The average Bonchev–Trinajstić information content (AvgIpc) is 2.71. The van der Waals surface area contributed by atoms with Crippen LogP contribution in [-0.2, 0) is 11.9 Å². The van der Waals surface area contributed by atoms with Crippen LogP contribution in [0, 0.1) is 0 Å². The molecule has 0 saturated carbocycles. The quantitative estimate of drug-likeness (QED) is 0.667. The van der Waals surface area contributed by atoms with Gasteiger partial charge in [-0.2, -0.15) is 24.9 Å². The van der Waals surface area contributed by atoms with Crippen molar-refractivity contribution >= 4 is 23.5 Å². The van der Waals surface area contributed by atoms with E-state index in [4.69, 9.17) is 0 Å². The van der Waals surface area contributed by atoms with Gasteiger partial charge in [0.05, 0.1) is 5.56 Å². The molecule has 1 fully saturated rings. The molecule has 2 aromatic rings. The Bertz CT molecular complexity index is 888. The summed E-state index contributed by atoms with van der Waals surface area (Å²) in [6.45, 7) is 7.78. The third-order valence-electron chi connectivity index (χ3n) is 4.80. The van der Waals surface area contributed by atoms with Crippen molar-refractivity contribution in [1.82, 2.24) is 9.88 Å². The summed E-state index contributed by atoms with van der Waals surface area (Å²) in [7, 11) is 0. The van der Waals surface area contributed by atoms with E-state index in [1.165, 1.54) is 12.3 Å². The Kier molecular flexibility index (Phi) is 6.65. The fraction of sp³-hybridized carbons (Fsp3) is 0.455. The van der Waals surface area contributed by atoms with E-state index in [1.54, 1.807) is 15.9 Å². The predicted molar refractivity (Wildman–Crippen MR) is 115 cm³/mol. The van der Waals surface area contributed by atoms with Gasteiger partial charge in [-0.15, -0.1) is 0 Å². The average molecular weight is 438 g/mol. The van der Waals surface area contributed by atoms with Gasteiger partial charge in [-0.3, -0.25) is 4.79 Å². The topological polar surface area (TPSA) is 36.4 Å². The van der Waals surface area contributed by atoms with Crippen LogP contribution in [0.5, 0.6) is 0 Å². The first-order valence-corrected chi connectivity index (χ1v) is 10.8. The normalized spacial score (nSPS) is 15.4. The third-order valence-corrected chi connectivity index (χ3v) is 6.15. The fourth-order valence-corrected chi connectivity index (χ4v) is 4.05. The number of pyridine rings is 1. The number of piperazine rings is 1. The Morgan fingerprint density at radius 3 is 2.40 bits per heavy atom. The lowest BCUT2D eigenvalue weighted by Crippen LogP contribution is -2.49. The van der Waals surface area contributed by atoms with Crippen LogP contribution in [0.25, 0.3) is 0 Å². The molecule has 0 radical (unpaired) electrons. The highest BCUT2D eigenvalue weighted by Gasteiger charge is 2.36. The Morgan fingerprint density at radius 2 is 1.77 bits per heavy atom. The molecular formula is C22H26F3N3OS. The molecule has 0 atom stereocenters. The fourth-order valence-electron chi connectivity index (χ4n) is 3.27. The van der Waals surface area contributed by atoms with Gasteiger partial charge in [0.15, 0.2) is 0 Å². The van der Waals surface area contributed by atoms with Gasteiger partial charge in [0.2, 0.25) is 0 Å². The van der Waals surface area contributed by atoms with Gasteiger partial charge < -0.3 is 9.80 Å². The minimum absolute atomic E-state index is 0.0710. The zero-order valence-corrected chi connectivity index (χ0v) is 18.2. The number of rotatable bonds is 4. The number of alkyl halides is 3. The molecule has 2 heterocycles. The number of carbonyl (C=O) groups is 1. The summed E-state index contributed by atoms with van der Waals surface area (Å²) in [5.41, 5.74) is 0.959. The number of thioether (sulfide) groups is 1. The second-order valence-electron chi connectivity index (χ2n) is 8.25. The number of hydrogen-bond acceptors (Lipinski definition) is 4. The van der Waals surface area contributed by atoms with Gasteiger partial charge in [0, 0.05) is 48.4 Å². The number of nitrogens with zero attached hydrogens (tertiary/aromatic N) is 3. The Balaban J connectivity index is 1.65. The molecule has 162 valence electrons. The molecule has 1 aromatic carbocycles. The summed E-state index contributed by atoms with van der Waals surface area (Å²) in [5.74, 6) is 0.658. The zero-order valence-electron chi connectivity index (χ0n) is 17.4. The van der Waals surface area contributed by atoms with Crippen LogP contribution in [-0.4, -0.2) is 46.7 Å². The first kappa shape index (κ1) is 22.5. The maximum absolute atomic E-state index is 13.3. The predicted octanol–water partition coefficient (Wildman–Crippen LogP) is 5.09. The molecule has 0 spiro atoms. The van der Waals surface area contributed by atoms with E-state index in [-0.39, 0.29) is 16.5 Å². The third kappa shape index (κ3) is 5.68. The van der Waals surface area contributed by atoms with Crippen LogP contribution >= 0.6 is 11.8 Å². The highest BCUT2D eigenvalue weighted by atomic mass is 32.2. The van der Waals surface area contributed by atoms with Crippen molar-refractivity contribution < 1.29 is 18.0 Å². The molecule has 0 aliphatic carbocycles. The van der Waals surface area contributed by atoms with Gasteiger partial charge in [-0.05, 0) is 29.8 Å². The molecule has 0 N–H and O–H groups in total. The van der Waals surface area contributed by atoms with Crippen LogP contribution in [0.2, 0.25) is 0 Å². The number of carbonyl (C=O) groups excluding carboxylic acids is 1. The van der Waals surface area contributed by atoms with Crippen LogP contribution in [0.15, 0.2) is 42.6 Å². The molecule has 0 bridgehead atoms. The van der Waals surface area contributed by atoms with Crippen LogP contribution < -0.4 is 4.90 Å². The first-order valence-electron chi connectivity index (χ1n) is 9.84. The van der Waals surface area contributed by atoms with E-state index in [9.17, 15) is 18.0 Å². The maximum Gasteiger partial charge on any atom is 0.419 e. The Morgan fingerprint density at radius 1 is 1.07 bits per heavy atom. The number of halogens is 3. The molecule has 1 saturated heterocycles. The molecule has 0 unspecified atom stereocenters. The lowest BCUT2D eigenvalue weighted by atomic mass is 10.1. The molecule has 3 rings (SSSR count). The van der Waals surface area contributed by atoms with Crippen LogP contribution in [0.1, 0.15) is 42.3 Å². The van der Waals surface area contributed by atoms with Crippen molar-refractivity contribution in [2.75, 3.05) is 31.1 Å². The number of anilines is 1. The molecule has 1 aliphatic heterocycles. The van der Waals surface area contributed by atoms with E-state index < -0.39 is 11.7 Å². The molecular weight excluding hydrogens is 411 g/mol. The highest BCUT2D eigenvalue weighted by Crippen LogP contribution is 2.35. The van der Waals surface area contributed by atoms with Crippen LogP contribution in [0.4, 0.5) is 19.0 Å². The standard InChI is InChI=1S/C22H26F3N3OS/c1-21(2,3)30-15-16-6-4-7-17(14-16)20(29)28-12-10-27(11-13-28)19-18(22(23,24)25)8-5-9-26-19/h4-9,14H,10-13,15H2,1-3H3. The van der Waals surface area contributed by atoms with E-state index >= 15 is 0 Å². The lowest BCUT2D eigenvalue weighted by Gasteiger charge is -2.36. The summed E-state index contributed by atoms with van der Waals surface area (Å²) in [5, 5.41) is 0. The van der Waals surface area contributed by atoms with Crippen molar-refractivity contribution in [3.8, 4) is 0 Å². The Hall–Kier alpha value is -2.22. The first-order chi connectivity index (χ1) is 14.0. The van der Waals surface area contributed by atoms with E-state index in [2.05, 4.69) is 25.8 Å². The molecule has 1 aliphatic rings. The second kappa shape index (κ2) is 8.88. The number of amides is 1. The smallest absolute Gasteiger partial charge is 0.353 e. The minimum Gasteiger partial charge on any atom is -0.353 e. The highest BCUT2D eigenvalue weighted by molar-refractivity contribution is 7.99. The monoisotopic (exact) mass is 437 g/mol. The van der Waals surface area contributed by atoms with E-state index in [0.717, 1.165) is 17.4 Å². The molecule has 1 aromatic heterocycles. The number of aromatic nitrogens is 1.